The van der Waals surface area contributed by atoms with Crippen LogP contribution in [0.15, 0.2) is 0 Å². The number of rotatable bonds is 9. The summed E-state index contributed by atoms with van der Waals surface area (Å²) >= 11 is 0. The molecular formula is C20H36N2O3. The van der Waals surface area contributed by atoms with Crippen LogP contribution in [0.25, 0.3) is 0 Å². The Morgan fingerprint density at radius 3 is 1.76 bits per heavy atom. The van der Waals surface area contributed by atoms with Crippen LogP contribution < -0.4 is 5.73 Å². The molecule has 0 aromatic carbocycles. The highest BCUT2D eigenvalue weighted by atomic mass is 17.0. The second kappa shape index (κ2) is 6.40. The van der Waals surface area contributed by atoms with Crippen molar-refractivity contribution < 1.29 is 9.92 Å². The molecule has 25 heavy (non-hydrogen) atoms. The van der Waals surface area contributed by atoms with E-state index < -0.39 is 5.09 Å². The Hall–Kier alpha value is -0.840. The quantitative estimate of drug-likeness (QED) is 0.475. The molecule has 0 aliphatic heterocycles. The molecule has 4 aliphatic carbocycles. The molecule has 4 bridgehead atoms. The van der Waals surface area contributed by atoms with Crippen LogP contribution in [0.2, 0.25) is 0 Å². The van der Waals surface area contributed by atoms with Crippen LogP contribution in [0, 0.1) is 31.8 Å². The molecule has 3 atom stereocenters. The molecule has 4 rings (SSSR count). The molecule has 144 valence electrons. The number of nitrogens with zero attached hydrogens (tertiary/aromatic N) is 1. The highest BCUT2D eigenvalue weighted by Crippen LogP contribution is 2.77. The van der Waals surface area contributed by atoms with Gasteiger partial charge in [-0.3, -0.25) is 0 Å². The van der Waals surface area contributed by atoms with Crippen LogP contribution in [-0.4, -0.2) is 17.7 Å². The van der Waals surface area contributed by atoms with E-state index in [2.05, 4.69) is 13.8 Å². The molecule has 4 saturated carbocycles. The molecule has 0 spiro atoms. The summed E-state index contributed by atoms with van der Waals surface area (Å²) in [5, 5.41) is 10.5. The summed E-state index contributed by atoms with van der Waals surface area (Å²) in [4.78, 5) is 16.3. The summed E-state index contributed by atoms with van der Waals surface area (Å²) in [5.41, 5.74) is 6.98. The van der Waals surface area contributed by atoms with E-state index in [0.29, 0.717) is 10.8 Å². The Balaban J connectivity index is 2.03. The van der Waals surface area contributed by atoms with Crippen LogP contribution in [0.1, 0.15) is 91.4 Å². The Bertz CT molecular complexity index is 458. The molecule has 0 radical (unpaired) electrons. The molecule has 0 heterocycles. The topological polar surface area (TPSA) is 78.4 Å². The van der Waals surface area contributed by atoms with Crippen molar-refractivity contribution in [1.82, 2.24) is 0 Å². The average molecular weight is 353 g/mol. The minimum Gasteiger partial charge on any atom is -0.330 e. The molecule has 5 nitrogen and oxygen atoms in total. The first-order valence-corrected chi connectivity index (χ1v) is 10.3. The smallest absolute Gasteiger partial charge is 0.294 e. The zero-order chi connectivity index (χ0) is 18.3. The van der Waals surface area contributed by atoms with Crippen LogP contribution in [-0.2, 0) is 4.84 Å². The van der Waals surface area contributed by atoms with Gasteiger partial charge in [0, 0.05) is 0 Å². The average Bonchev–Trinajstić information content (AvgIpc) is 2.44. The Morgan fingerprint density at radius 2 is 1.40 bits per heavy atom. The zero-order valence-corrected chi connectivity index (χ0v) is 16.3. The van der Waals surface area contributed by atoms with Gasteiger partial charge >= 0.3 is 0 Å². The van der Waals surface area contributed by atoms with Gasteiger partial charge in [-0.15, -0.1) is 10.1 Å². The minimum atomic E-state index is -0.572. The predicted octanol–water partition coefficient (Wildman–Crippen LogP) is 4.86. The lowest BCUT2D eigenvalue weighted by Gasteiger charge is -2.72. The number of hydrogen-bond acceptors (Lipinski definition) is 4. The van der Waals surface area contributed by atoms with Crippen molar-refractivity contribution >= 4 is 0 Å². The Morgan fingerprint density at radius 1 is 0.960 bits per heavy atom. The van der Waals surface area contributed by atoms with Crippen molar-refractivity contribution in [2.45, 2.75) is 97.5 Å². The summed E-state index contributed by atoms with van der Waals surface area (Å²) in [6.45, 7) is 7.24. The van der Waals surface area contributed by atoms with Crippen molar-refractivity contribution in [1.29, 1.82) is 0 Å². The van der Waals surface area contributed by atoms with E-state index >= 15 is 0 Å². The molecule has 4 fully saturated rings. The number of hydrogen-bond donors (Lipinski definition) is 1. The van der Waals surface area contributed by atoms with E-state index in [1.165, 1.54) is 44.9 Å². The van der Waals surface area contributed by atoms with Gasteiger partial charge in [-0.25, -0.2) is 0 Å². The van der Waals surface area contributed by atoms with E-state index in [1.807, 2.05) is 6.92 Å². The monoisotopic (exact) mass is 352 g/mol. The van der Waals surface area contributed by atoms with Gasteiger partial charge in [0.25, 0.3) is 5.09 Å². The zero-order valence-electron chi connectivity index (χ0n) is 16.3. The van der Waals surface area contributed by atoms with E-state index in [1.54, 1.807) is 0 Å². The van der Waals surface area contributed by atoms with E-state index in [4.69, 9.17) is 10.6 Å². The van der Waals surface area contributed by atoms with Crippen LogP contribution in [0.4, 0.5) is 0 Å². The summed E-state index contributed by atoms with van der Waals surface area (Å²) in [7, 11) is 0. The number of nitrogens with two attached hydrogens (primary N) is 1. The van der Waals surface area contributed by atoms with E-state index in [9.17, 15) is 10.1 Å². The Kier molecular flexibility index (Phi) is 4.85. The molecule has 3 unspecified atom stereocenters. The lowest BCUT2D eigenvalue weighted by Crippen LogP contribution is -2.64. The summed E-state index contributed by atoms with van der Waals surface area (Å²) in [5.74, 6) is 0. The van der Waals surface area contributed by atoms with Crippen molar-refractivity contribution in [2.24, 2.45) is 27.4 Å². The van der Waals surface area contributed by atoms with Gasteiger partial charge in [0.05, 0.1) is 0 Å². The van der Waals surface area contributed by atoms with Gasteiger partial charge in [0.1, 0.15) is 6.10 Å². The maximum atomic E-state index is 11.1. The van der Waals surface area contributed by atoms with Gasteiger partial charge < -0.3 is 10.6 Å². The molecule has 0 saturated heterocycles. The van der Waals surface area contributed by atoms with Crippen LogP contribution in [0.5, 0.6) is 0 Å². The molecular weight excluding hydrogens is 316 g/mol. The van der Waals surface area contributed by atoms with Gasteiger partial charge in [-0.1, -0.05) is 26.7 Å². The molecule has 0 amide bonds. The third kappa shape index (κ3) is 3.17. The highest BCUT2D eigenvalue weighted by Gasteiger charge is 2.68. The second-order valence-corrected chi connectivity index (χ2v) is 9.93. The SMILES string of the molecule is CCCC12CC3(CCC)CC(CCN)(C1)CC(C(C)O[N+](=O)[O-])(C2)C3. The van der Waals surface area contributed by atoms with Crippen molar-refractivity contribution in [2.75, 3.05) is 6.54 Å². The normalized spacial score (nSPS) is 43.2. The summed E-state index contributed by atoms with van der Waals surface area (Å²) in [6.07, 6.45) is 12.8. The maximum absolute atomic E-state index is 11.1. The van der Waals surface area contributed by atoms with Gasteiger partial charge in [-0.2, -0.15) is 0 Å². The molecule has 5 heteroatoms. The first kappa shape index (κ1) is 18.9. The fraction of sp³-hybridized carbons (Fsp3) is 1.00. The first-order valence-electron chi connectivity index (χ1n) is 10.3. The summed E-state index contributed by atoms with van der Waals surface area (Å²) in [6, 6.07) is 0. The third-order valence-corrected chi connectivity index (χ3v) is 7.77. The minimum absolute atomic E-state index is 0.0403. The molecule has 0 aromatic heterocycles. The standard InChI is InChI=1S/C20H36N2O3/c1-4-6-17-10-18(7-5-2)12-19(11-17,8-9-21)15-20(13-17,14-18)16(3)25-22(23)24/h16H,4-15,21H2,1-3H3. The highest BCUT2D eigenvalue weighted by molar-refractivity contribution is 5.18. The largest absolute Gasteiger partial charge is 0.330 e. The van der Waals surface area contributed by atoms with Gasteiger partial charge in [0.2, 0.25) is 0 Å². The molecule has 0 aromatic rings. The fourth-order valence-electron chi connectivity index (χ4n) is 8.21. The maximum Gasteiger partial charge on any atom is 0.294 e. The van der Waals surface area contributed by atoms with Crippen molar-refractivity contribution in [3.05, 3.63) is 10.1 Å². The second-order valence-electron chi connectivity index (χ2n) is 9.93. The molecule has 2 N–H and O–H groups in total. The van der Waals surface area contributed by atoms with Crippen LogP contribution in [0.3, 0.4) is 0 Å². The van der Waals surface area contributed by atoms with Crippen molar-refractivity contribution in [3.8, 4) is 0 Å². The van der Waals surface area contributed by atoms with E-state index in [0.717, 1.165) is 32.2 Å². The van der Waals surface area contributed by atoms with E-state index in [-0.39, 0.29) is 16.9 Å². The summed E-state index contributed by atoms with van der Waals surface area (Å²) < 4.78 is 0. The first-order chi connectivity index (χ1) is 11.8. The fourth-order valence-corrected chi connectivity index (χ4v) is 8.21. The lowest BCUT2D eigenvalue weighted by molar-refractivity contribution is -0.772. The predicted molar refractivity (Wildman–Crippen MR) is 98.5 cm³/mol. The van der Waals surface area contributed by atoms with Gasteiger partial charge in [-0.05, 0) is 92.9 Å². The lowest BCUT2D eigenvalue weighted by atomic mass is 9.33. The third-order valence-electron chi connectivity index (χ3n) is 7.77. The van der Waals surface area contributed by atoms with Crippen LogP contribution >= 0.6 is 0 Å². The van der Waals surface area contributed by atoms with Crippen molar-refractivity contribution in [3.63, 3.8) is 0 Å². The molecule has 4 aliphatic rings. The Labute approximate surface area is 152 Å². The van der Waals surface area contributed by atoms with Gasteiger partial charge in [0.15, 0.2) is 0 Å².